The molecular formula is C14H14N2O2S. The number of nitrogens with zero attached hydrogens (tertiary/aromatic N) is 1. The summed E-state index contributed by atoms with van der Waals surface area (Å²) in [4.78, 5) is 11.4. The Kier molecular flexibility index (Phi) is 4.06. The predicted molar refractivity (Wildman–Crippen MR) is 78.2 cm³/mol. The standard InChI is InChI=1S/C14H14N2O2S/c1-10-5-6-12(15)8-14(10)19-9-11-3-2-4-13(7-11)16(17)18/h2-8H,9,15H2,1H3. The number of thioether (sulfide) groups is 1. The molecule has 0 aliphatic heterocycles. The van der Waals surface area contributed by atoms with Gasteiger partial charge in [0.25, 0.3) is 5.69 Å². The van der Waals surface area contributed by atoms with Gasteiger partial charge in [-0.05, 0) is 30.2 Å². The first-order chi connectivity index (χ1) is 9.06. The van der Waals surface area contributed by atoms with E-state index >= 15 is 0 Å². The fraction of sp³-hybridized carbons (Fsp3) is 0.143. The van der Waals surface area contributed by atoms with Crippen molar-refractivity contribution in [2.75, 3.05) is 5.73 Å². The smallest absolute Gasteiger partial charge is 0.269 e. The summed E-state index contributed by atoms with van der Waals surface area (Å²) >= 11 is 1.63. The summed E-state index contributed by atoms with van der Waals surface area (Å²) in [5, 5.41) is 10.7. The van der Waals surface area contributed by atoms with Crippen LogP contribution in [0.25, 0.3) is 0 Å². The largest absolute Gasteiger partial charge is 0.399 e. The molecule has 2 aromatic rings. The topological polar surface area (TPSA) is 69.2 Å². The lowest BCUT2D eigenvalue weighted by Gasteiger charge is -2.06. The van der Waals surface area contributed by atoms with E-state index < -0.39 is 0 Å². The van der Waals surface area contributed by atoms with Crippen LogP contribution in [-0.4, -0.2) is 4.92 Å². The molecule has 0 saturated heterocycles. The number of non-ortho nitro benzene ring substituents is 1. The molecule has 2 N–H and O–H groups in total. The first-order valence-corrected chi connectivity index (χ1v) is 6.77. The quantitative estimate of drug-likeness (QED) is 0.399. The summed E-state index contributed by atoms with van der Waals surface area (Å²) in [6, 6.07) is 12.5. The number of nitro groups is 1. The van der Waals surface area contributed by atoms with Gasteiger partial charge in [0.15, 0.2) is 0 Å². The monoisotopic (exact) mass is 274 g/mol. The Bertz CT molecular complexity index is 614. The highest BCUT2D eigenvalue weighted by Gasteiger charge is 2.06. The second-order valence-corrected chi connectivity index (χ2v) is 5.26. The van der Waals surface area contributed by atoms with E-state index in [9.17, 15) is 10.1 Å². The van der Waals surface area contributed by atoms with Gasteiger partial charge < -0.3 is 5.73 Å². The molecule has 0 atom stereocenters. The highest BCUT2D eigenvalue weighted by atomic mass is 32.2. The lowest BCUT2D eigenvalue weighted by atomic mass is 10.2. The Labute approximate surface area is 115 Å². The average molecular weight is 274 g/mol. The van der Waals surface area contributed by atoms with Crippen molar-refractivity contribution in [1.82, 2.24) is 0 Å². The summed E-state index contributed by atoms with van der Waals surface area (Å²) in [5.41, 5.74) is 8.70. The van der Waals surface area contributed by atoms with Gasteiger partial charge in [0.1, 0.15) is 0 Å². The van der Waals surface area contributed by atoms with Gasteiger partial charge in [-0.15, -0.1) is 11.8 Å². The molecular weight excluding hydrogens is 260 g/mol. The number of benzene rings is 2. The number of nitrogens with two attached hydrogens (primary N) is 1. The Hall–Kier alpha value is -2.01. The zero-order valence-corrected chi connectivity index (χ0v) is 11.3. The molecule has 19 heavy (non-hydrogen) atoms. The van der Waals surface area contributed by atoms with Crippen molar-refractivity contribution in [3.63, 3.8) is 0 Å². The summed E-state index contributed by atoms with van der Waals surface area (Å²) in [7, 11) is 0. The third kappa shape index (κ3) is 3.48. The number of nitrogen functional groups attached to an aromatic ring is 1. The van der Waals surface area contributed by atoms with Gasteiger partial charge in [0, 0.05) is 28.5 Å². The van der Waals surface area contributed by atoms with Crippen LogP contribution in [0.4, 0.5) is 11.4 Å². The molecule has 0 aromatic heterocycles. The van der Waals surface area contributed by atoms with Crippen molar-refractivity contribution in [3.8, 4) is 0 Å². The maximum absolute atomic E-state index is 10.7. The molecule has 0 fully saturated rings. The molecule has 4 nitrogen and oxygen atoms in total. The van der Waals surface area contributed by atoms with E-state index in [-0.39, 0.29) is 10.6 Å². The van der Waals surface area contributed by atoms with E-state index in [2.05, 4.69) is 0 Å². The maximum Gasteiger partial charge on any atom is 0.269 e. The summed E-state index contributed by atoms with van der Waals surface area (Å²) in [6.07, 6.45) is 0. The average Bonchev–Trinajstić information content (AvgIpc) is 2.40. The molecule has 5 heteroatoms. The molecule has 0 aliphatic carbocycles. The lowest BCUT2D eigenvalue weighted by Crippen LogP contribution is -1.90. The van der Waals surface area contributed by atoms with Gasteiger partial charge in [0.05, 0.1) is 4.92 Å². The molecule has 0 spiro atoms. The van der Waals surface area contributed by atoms with Crippen molar-refractivity contribution in [2.45, 2.75) is 17.6 Å². The van der Waals surface area contributed by atoms with Gasteiger partial charge in [-0.1, -0.05) is 18.2 Å². The molecule has 0 aliphatic rings. The number of nitro benzene ring substituents is 1. The van der Waals surface area contributed by atoms with Crippen molar-refractivity contribution in [2.24, 2.45) is 0 Å². The van der Waals surface area contributed by atoms with Crippen LogP contribution in [0.3, 0.4) is 0 Å². The van der Waals surface area contributed by atoms with E-state index in [4.69, 9.17) is 5.73 Å². The van der Waals surface area contributed by atoms with Gasteiger partial charge in [0.2, 0.25) is 0 Å². The number of rotatable bonds is 4. The Balaban J connectivity index is 2.12. The van der Waals surface area contributed by atoms with Crippen LogP contribution in [0.5, 0.6) is 0 Å². The van der Waals surface area contributed by atoms with Crippen LogP contribution in [0.2, 0.25) is 0 Å². The van der Waals surface area contributed by atoms with Gasteiger partial charge >= 0.3 is 0 Å². The molecule has 0 bridgehead atoms. The first kappa shape index (κ1) is 13.4. The van der Waals surface area contributed by atoms with Crippen LogP contribution < -0.4 is 5.73 Å². The van der Waals surface area contributed by atoms with Crippen molar-refractivity contribution >= 4 is 23.1 Å². The van der Waals surface area contributed by atoms with Crippen LogP contribution in [0.15, 0.2) is 47.4 Å². The fourth-order valence-electron chi connectivity index (χ4n) is 1.69. The zero-order chi connectivity index (χ0) is 13.8. The van der Waals surface area contributed by atoms with E-state index in [1.807, 2.05) is 31.2 Å². The lowest BCUT2D eigenvalue weighted by molar-refractivity contribution is -0.384. The Morgan fingerprint density at radius 2 is 2.05 bits per heavy atom. The second-order valence-electron chi connectivity index (χ2n) is 4.24. The van der Waals surface area contributed by atoms with Gasteiger partial charge in [-0.25, -0.2) is 0 Å². The highest BCUT2D eigenvalue weighted by molar-refractivity contribution is 7.98. The zero-order valence-electron chi connectivity index (χ0n) is 10.5. The summed E-state index contributed by atoms with van der Waals surface area (Å²) < 4.78 is 0. The van der Waals surface area contributed by atoms with E-state index in [1.165, 1.54) is 6.07 Å². The predicted octanol–water partition coefficient (Wildman–Crippen LogP) is 3.78. The number of hydrogen-bond donors (Lipinski definition) is 1. The molecule has 2 aromatic carbocycles. The fourth-order valence-corrected chi connectivity index (χ4v) is 2.71. The van der Waals surface area contributed by atoms with E-state index in [0.29, 0.717) is 5.75 Å². The summed E-state index contributed by atoms with van der Waals surface area (Å²) in [6.45, 7) is 2.02. The Morgan fingerprint density at radius 1 is 1.26 bits per heavy atom. The summed E-state index contributed by atoms with van der Waals surface area (Å²) in [5.74, 6) is 0.686. The van der Waals surface area contributed by atoms with Crippen molar-refractivity contribution in [1.29, 1.82) is 0 Å². The number of aryl methyl sites for hydroxylation is 1. The normalized spacial score (nSPS) is 10.4. The van der Waals surface area contributed by atoms with Gasteiger partial charge in [-0.3, -0.25) is 10.1 Å². The molecule has 0 saturated carbocycles. The van der Waals surface area contributed by atoms with E-state index in [1.54, 1.807) is 23.9 Å². The molecule has 0 heterocycles. The molecule has 0 unspecified atom stereocenters. The van der Waals surface area contributed by atoms with E-state index in [0.717, 1.165) is 21.7 Å². The third-order valence-electron chi connectivity index (χ3n) is 2.73. The number of hydrogen-bond acceptors (Lipinski definition) is 4. The SMILES string of the molecule is Cc1ccc(N)cc1SCc1cccc([N+](=O)[O-])c1. The van der Waals surface area contributed by atoms with Crippen LogP contribution in [0, 0.1) is 17.0 Å². The Morgan fingerprint density at radius 3 is 2.79 bits per heavy atom. The first-order valence-electron chi connectivity index (χ1n) is 5.78. The molecule has 0 radical (unpaired) electrons. The second kappa shape index (κ2) is 5.75. The van der Waals surface area contributed by atoms with Gasteiger partial charge in [-0.2, -0.15) is 0 Å². The minimum absolute atomic E-state index is 0.127. The highest BCUT2D eigenvalue weighted by Crippen LogP contribution is 2.28. The van der Waals surface area contributed by atoms with Crippen molar-refractivity contribution in [3.05, 3.63) is 63.7 Å². The molecule has 0 amide bonds. The third-order valence-corrected chi connectivity index (χ3v) is 3.96. The van der Waals surface area contributed by atoms with Crippen molar-refractivity contribution < 1.29 is 4.92 Å². The minimum Gasteiger partial charge on any atom is -0.399 e. The van der Waals surface area contributed by atoms with Crippen LogP contribution >= 0.6 is 11.8 Å². The molecule has 98 valence electrons. The van der Waals surface area contributed by atoms with Crippen LogP contribution in [0.1, 0.15) is 11.1 Å². The maximum atomic E-state index is 10.7. The van der Waals surface area contributed by atoms with Crippen LogP contribution in [-0.2, 0) is 5.75 Å². The minimum atomic E-state index is -0.375. The number of anilines is 1. The molecule has 2 rings (SSSR count).